The largest absolute Gasteiger partial charge is 0.478 e. The predicted octanol–water partition coefficient (Wildman–Crippen LogP) is 3.54. The van der Waals surface area contributed by atoms with Gasteiger partial charge in [0.15, 0.2) is 5.60 Å². The minimum atomic E-state index is -1.21. The Hall–Kier alpha value is -3.80. The number of ether oxygens (including phenoxy) is 2. The minimum Gasteiger partial charge on any atom is -0.478 e. The van der Waals surface area contributed by atoms with Crippen LogP contribution in [-0.4, -0.2) is 17.0 Å². The standard InChI is InChI=1S/C21H13NO5/c22-12-6-8-16-18(10-12)26-17-9-11(19(23)24)5-7-15(17)21(16)14-4-2-1-3-13(14)20(25)27-21/h1-10H,22H2,(H,23,24). The van der Waals surface area contributed by atoms with E-state index in [9.17, 15) is 14.7 Å². The van der Waals surface area contributed by atoms with Gasteiger partial charge in [0.2, 0.25) is 0 Å². The van der Waals surface area contributed by atoms with Gasteiger partial charge in [-0.1, -0.05) is 18.2 Å². The number of carbonyl (C=O) groups excluding carboxylic acids is 1. The summed E-state index contributed by atoms with van der Waals surface area (Å²) < 4.78 is 11.9. The normalized spacial score (nSPS) is 18.9. The number of carboxylic acids is 1. The number of hydrogen-bond acceptors (Lipinski definition) is 5. The predicted molar refractivity (Wildman–Crippen MR) is 96.1 cm³/mol. The molecule has 2 heterocycles. The van der Waals surface area contributed by atoms with Gasteiger partial charge in [0.1, 0.15) is 11.5 Å². The summed E-state index contributed by atoms with van der Waals surface area (Å²) in [5, 5.41) is 9.32. The van der Waals surface area contributed by atoms with E-state index in [1.807, 2.05) is 12.1 Å². The quantitative estimate of drug-likeness (QED) is 0.509. The van der Waals surface area contributed by atoms with Crippen molar-refractivity contribution in [1.29, 1.82) is 0 Å². The van der Waals surface area contributed by atoms with Crippen molar-refractivity contribution in [2.45, 2.75) is 5.60 Å². The number of fused-ring (bicyclic) bond motifs is 6. The molecular weight excluding hydrogens is 346 g/mol. The van der Waals surface area contributed by atoms with Crippen LogP contribution in [0.25, 0.3) is 0 Å². The average molecular weight is 359 g/mol. The van der Waals surface area contributed by atoms with E-state index in [0.717, 1.165) is 0 Å². The third kappa shape index (κ3) is 1.95. The van der Waals surface area contributed by atoms with Crippen molar-refractivity contribution >= 4 is 17.6 Å². The van der Waals surface area contributed by atoms with Crippen LogP contribution in [0.15, 0.2) is 60.7 Å². The van der Waals surface area contributed by atoms with E-state index < -0.39 is 17.5 Å². The van der Waals surface area contributed by atoms with Crippen molar-refractivity contribution in [3.63, 3.8) is 0 Å². The number of esters is 1. The lowest BCUT2D eigenvalue weighted by Crippen LogP contribution is -2.33. The highest BCUT2D eigenvalue weighted by Crippen LogP contribution is 2.56. The van der Waals surface area contributed by atoms with Gasteiger partial charge in [-0.2, -0.15) is 0 Å². The SMILES string of the molecule is Nc1ccc2c(c1)Oc1cc(C(=O)O)ccc1C21OC(=O)c2ccccc21. The van der Waals surface area contributed by atoms with Crippen LogP contribution in [0.2, 0.25) is 0 Å². The second-order valence-electron chi connectivity index (χ2n) is 6.49. The number of rotatable bonds is 1. The lowest BCUT2D eigenvalue weighted by Gasteiger charge is -2.36. The molecule has 1 unspecified atom stereocenters. The zero-order valence-corrected chi connectivity index (χ0v) is 13.9. The molecule has 27 heavy (non-hydrogen) atoms. The van der Waals surface area contributed by atoms with Crippen molar-refractivity contribution in [2.75, 3.05) is 5.73 Å². The van der Waals surface area contributed by atoms with Gasteiger partial charge in [0, 0.05) is 28.4 Å². The maximum absolute atomic E-state index is 12.6. The summed E-state index contributed by atoms with van der Waals surface area (Å²) in [5.41, 5.74) is 7.64. The third-order valence-electron chi connectivity index (χ3n) is 4.98. The maximum atomic E-state index is 12.6. The number of nitrogens with two attached hydrogens (primary N) is 1. The smallest absolute Gasteiger partial charge is 0.340 e. The van der Waals surface area contributed by atoms with Crippen LogP contribution < -0.4 is 10.5 Å². The van der Waals surface area contributed by atoms with Crippen LogP contribution in [0.4, 0.5) is 5.69 Å². The number of aromatic carboxylic acids is 1. The van der Waals surface area contributed by atoms with Crippen molar-refractivity contribution < 1.29 is 24.2 Å². The summed E-state index contributed by atoms with van der Waals surface area (Å²) >= 11 is 0. The molecule has 0 saturated heterocycles. The third-order valence-corrected chi connectivity index (χ3v) is 4.98. The fourth-order valence-corrected chi connectivity index (χ4v) is 3.83. The van der Waals surface area contributed by atoms with Crippen molar-refractivity contribution in [2.24, 2.45) is 0 Å². The Morgan fingerprint density at radius 2 is 1.63 bits per heavy atom. The van der Waals surface area contributed by atoms with Crippen LogP contribution in [0.5, 0.6) is 11.5 Å². The molecule has 0 fully saturated rings. The lowest BCUT2D eigenvalue weighted by atomic mass is 9.77. The average Bonchev–Trinajstić information content (AvgIpc) is 2.95. The van der Waals surface area contributed by atoms with Crippen LogP contribution >= 0.6 is 0 Å². The van der Waals surface area contributed by atoms with Gasteiger partial charge in [-0.3, -0.25) is 0 Å². The number of anilines is 1. The van der Waals surface area contributed by atoms with Crippen molar-refractivity contribution in [3.05, 3.63) is 88.5 Å². The monoisotopic (exact) mass is 359 g/mol. The van der Waals surface area contributed by atoms with E-state index >= 15 is 0 Å². The highest BCUT2D eigenvalue weighted by Gasteiger charge is 2.53. The second-order valence-corrected chi connectivity index (χ2v) is 6.49. The van der Waals surface area contributed by atoms with Gasteiger partial charge in [-0.25, -0.2) is 9.59 Å². The number of hydrogen-bond donors (Lipinski definition) is 2. The first-order valence-electron chi connectivity index (χ1n) is 8.29. The summed E-state index contributed by atoms with van der Waals surface area (Å²) in [5.74, 6) is -0.770. The summed E-state index contributed by atoms with van der Waals surface area (Å²) in [6.07, 6.45) is 0. The van der Waals surface area contributed by atoms with E-state index in [0.29, 0.717) is 39.4 Å². The highest BCUT2D eigenvalue weighted by atomic mass is 16.6. The first kappa shape index (κ1) is 15.5. The lowest BCUT2D eigenvalue weighted by molar-refractivity contribution is 0.0223. The van der Waals surface area contributed by atoms with E-state index in [1.54, 1.807) is 36.4 Å². The van der Waals surface area contributed by atoms with Crippen LogP contribution in [0.1, 0.15) is 37.4 Å². The zero-order chi connectivity index (χ0) is 18.8. The molecule has 0 bridgehead atoms. The van der Waals surface area contributed by atoms with E-state index in [4.69, 9.17) is 15.2 Å². The Morgan fingerprint density at radius 1 is 0.926 bits per heavy atom. The molecule has 2 aliphatic heterocycles. The summed E-state index contributed by atoms with van der Waals surface area (Å²) in [4.78, 5) is 24.0. The zero-order valence-electron chi connectivity index (χ0n) is 13.9. The maximum Gasteiger partial charge on any atom is 0.340 e. The van der Waals surface area contributed by atoms with Crippen molar-refractivity contribution in [1.82, 2.24) is 0 Å². The molecule has 0 aliphatic carbocycles. The molecule has 6 nitrogen and oxygen atoms in total. The molecular formula is C21H13NO5. The van der Waals surface area contributed by atoms with Gasteiger partial charge in [-0.05, 0) is 36.4 Å². The molecule has 0 saturated carbocycles. The number of benzene rings is 3. The molecule has 1 atom stereocenters. The molecule has 3 aromatic rings. The number of carbonyl (C=O) groups is 2. The van der Waals surface area contributed by atoms with Gasteiger partial charge >= 0.3 is 11.9 Å². The van der Waals surface area contributed by atoms with E-state index in [2.05, 4.69) is 0 Å². The van der Waals surface area contributed by atoms with Gasteiger partial charge in [0.05, 0.1) is 11.1 Å². The molecule has 6 heteroatoms. The molecule has 3 N–H and O–H groups in total. The summed E-state index contributed by atoms with van der Waals surface area (Å²) in [7, 11) is 0. The van der Waals surface area contributed by atoms with Crippen LogP contribution in [0, 0.1) is 0 Å². The number of nitrogen functional groups attached to an aromatic ring is 1. The minimum absolute atomic E-state index is 0.0776. The fourth-order valence-electron chi connectivity index (χ4n) is 3.83. The van der Waals surface area contributed by atoms with Gasteiger partial charge in [-0.15, -0.1) is 0 Å². The van der Waals surface area contributed by atoms with Crippen molar-refractivity contribution in [3.8, 4) is 11.5 Å². The summed E-state index contributed by atoms with van der Waals surface area (Å²) in [6, 6.07) is 16.8. The van der Waals surface area contributed by atoms with E-state index in [-0.39, 0.29) is 5.56 Å². The molecule has 2 aliphatic rings. The molecule has 0 radical (unpaired) electrons. The first-order chi connectivity index (χ1) is 13.0. The molecule has 0 amide bonds. The Bertz CT molecular complexity index is 1150. The topological polar surface area (TPSA) is 98.8 Å². The Balaban J connectivity index is 1.88. The molecule has 0 aromatic heterocycles. The Labute approximate surface area is 153 Å². The Morgan fingerprint density at radius 3 is 2.41 bits per heavy atom. The van der Waals surface area contributed by atoms with Gasteiger partial charge in [0.25, 0.3) is 0 Å². The summed E-state index contributed by atoms with van der Waals surface area (Å²) in [6.45, 7) is 0. The molecule has 1 spiro atoms. The molecule has 5 rings (SSSR count). The fraction of sp³-hybridized carbons (Fsp3) is 0.0476. The van der Waals surface area contributed by atoms with Crippen LogP contribution in [0.3, 0.4) is 0 Å². The van der Waals surface area contributed by atoms with Gasteiger partial charge < -0.3 is 20.3 Å². The first-order valence-corrected chi connectivity index (χ1v) is 8.29. The highest BCUT2D eigenvalue weighted by molar-refractivity contribution is 5.97. The molecule has 3 aromatic carbocycles. The Kier molecular flexibility index (Phi) is 2.92. The molecule has 132 valence electrons. The second kappa shape index (κ2) is 5.11. The van der Waals surface area contributed by atoms with Crippen LogP contribution in [-0.2, 0) is 10.3 Å². The van der Waals surface area contributed by atoms with E-state index in [1.165, 1.54) is 12.1 Å². The number of carboxylic acid groups (broad SMARTS) is 1.